The molecule has 4 aliphatic carbocycles. The molecule has 1 N–H and O–H groups in total. The second kappa shape index (κ2) is 6.50. The molecule has 4 rings (SSSR count). The Balaban J connectivity index is 1.53. The zero-order valence-electron chi connectivity index (χ0n) is 17.2. The second-order valence-electron chi connectivity index (χ2n) is 10.6. The monoisotopic (exact) mass is 362 g/mol. The number of carbonyl (C=O) groups excluding carboxylic acids is 1. The minimum atomic E-state index is -0.160. The molecule has 0 aliphatic heterocycles. The van der Waals surface area contributed by atoms with E-state index in [1.807, 2.05) is 6.92 Å². The fourth-order valence-corrected chi connectivity index (χ4v) is 8.39. The standard InChI is InChI=1S/C23H38O3/c1-14(24)19-7-8-20-18-6-5-16-13-17(26-15(2)25)9-11-22(16,3)21(18)10-12-23(19,20)4/h14,16-21,24H,5-13H2,1-4H3/t14-,16+,17-,18-,19?,20-,21-,22-,23+/m0/s1. The van der Waals surface area contributed by atoms with E-state index in [0.717, 1.165) is 36.5 Å². The van der Waals surface area contributed by atoms with Gasteiger partial charge in [-0.1, -0.05) is 13.8 Å². The third-order valence-corrected chi connectivity index (χ3v) is 9.61. The first-order valence-corrected chi connectivity index (χ1v) is 11.1. The van der Waals surface area contributed by atoms with E-state index in [2.05, 4.69) is 13.8 Å². The molecule has 4 aliphatic rings. The zero-order valence-corrected chi connectivity index (χ0v) is 17.2. The number of esters is 1. The smallest absolute Gasteiger partial charge is 0.302 e. The Bertz CT molecular complexity index is 558. The topological polar surface area (TPSA) is 46.5 Å². The Kier molecular flexibility index (Phi) is 4.69. The van der Waals surface area contributed by atoms with Gasteiger partial charge in [-0.15, -0.1) is 0 Å². The number of ether oxygens (including phenoxy) is 1. The predicted molar refractivity (Wildman–Crippen MR) is 102 cm³/mol. The maximum Gasteiger partial charge on any atom is 0.302 e. The van der Waals surface area contributed by atoms with Crippen molar-refractivity contribution in [3.8, 4) is 0 Å². The fraction of sp³-hybridized carbons (Fsp3) is 0.957. The molecule has 26 heavy (non-hydrogen) atoms. The predicted octanol–water partition coefficient (Wildman–Crippen LogP) is 4.96. The summed E-state index contributed by atoms with van der Waals surface area (Å²) < 4.78 is 5.58. The van der Waals surface area contributed by atoms with Gasteiger partial charge in [0.2, 0.25) is 0 Å². The highest BCUT2D eigenvalue weighted by atomic mass is 16.5. The maximum atomic E-state index is 11.4. The molecule has 0 spiro atoms. The molecule has 0 heterocycles. The summed E-state index contributed by atoms with van der Waals surface area (Å²) in [6.45, 7) is 8.61. The Labute approximate surface area is 159 Å². The average molecular weight is 363 g/mol. The number of aliphatic hydroxyl groups is 1. The molecule has 0 saturated heterocycles. The van der Waals surface area contributed by atoms with Crippen LogP contribution < -0.4 is 0 Å². The molecular weight excluding hydrogens is 324 g/mol. The minimum Gasteiger partial charge on any atom is -0.463 e. The lowest BCUT2D eigenvalue weighted by atomic mass is 9.44. The molecular formula is C23H38O3. The molecule has 9 atom stereocenters. The third kappa shape index (κ3) is 2.75. The quantitative estimate of drug-likeness (QED) is 0.706. The van der Waals surface area contributed by atoms with Crippen LogP contribution in [0.2, 0.25) is 0 Å². The van der Waals surface area contributed by atoms with Gasteiger partial charge in [0, 0.05) is 6.92 Å². The Morgan fingerprint density at radius 2 is 1.69 bits per heavy atom. The van der Waals surface area contributed by atoms with Crippen molar-refractivity contribution >= 4 is 5.97 Å². The van der Waals surface area contributed by atoms with E-state index in [4.69, 9.17) is 4.74 Å². The number of rotatable bonds is 2. The molecule has 0 aromatic heterocycles. The van der Waals surface area contributed by atoms with Crippen LogP contribution in [-0.2, 0) is 9.53 Å². The molecule has 4 saturated carbocycles. The Morgan fingerprint density at radius 3 is 2.38 bits per heavy atom. The number of fused-ring (bicyclic) bond motifs is 5. The van der Waals surface area contributed by atoms with Crippen LogP contribution in [0.3, 0.4) is 0 Å². The summed E-state index contributed by atoms with van der Waals surface area (Å²) in [5, 5.41) is 10.4. The molecule has 0 bridgehead atoms. The van der Waals surface area contributed by atoms with Gasteiger partial charge in [0.05, 0.1) is 6.10 Å². The highest BCUT2D eigenvalue weighted by Crippen LogP contribution is 2.67. The number of hydrogen-bond acceptors (Lipinski definition) is 3. The fourth-order valence-electron chi connectivity index (χ4n) is 8.39. The van der Waals surface area contributed by atoms with E-state index in [9.17, 15) is 9.90 Å². The first-order valence-electron chi connectivity index (χ1n) is 11.1. The van der Waals surface area contributed by atoms with E-state index >= 15 is 0 Å². The van der Waals surface area contributed by atoms with Crippen molar-refractivity contribution in [3.05, 3.63) is 0 Å². The Hall–Kier alpha value is -0.570. The van der Waals surface area contributed by atoms with Crippen LogP contribution in [0.1, 0.15) is 85.5 Å². The molecule has 148 valence electrons. The lowest BCUT2D eigenvalue weighted by Crippen LogP contribution is -2.54. The number of carbonyl (C=O) groups is 1. The molecule has 0 amide bonds. The minimum absolute atomic E-state index is 0.115. The molecule has 4 fully saturated rings. The van der Waals surface area contributed by atoms with Gasteiger partial charge < -0.3 is 9.84 Å². The van der Waals surface area contributed by atoms with Gasteiger partial charge in [0.25, 0.3) is 0 Å². The lowest BCUT2D eigenvalue weighted by molar-refractivity contribution is -0.161. The van der Waals surface area contributed by atoms with E-state index in [1.54, 1.807) is 6.92 Å². The van der Waals surface area contributed by atoms with E-state index in [0.29, 0.717) is 16.7 Å². The second-order valence-corrected chi connectivity index (χ2v) is 10.6. The summed E-state index contributed by atoms with van der Waals surface area (Å²) in [4.78, 5) is 11.4. The first-order chi connectivity index (χ1) is 12.3. The van der Waals surface area contributed by atoms with Crippen LogP contribution in [0, 0.1) is 40.4 Å². The molecule has 0 aromatic rings. The third-order valence-electron chi connectivity index (χ3n) is 9.61. The highest BCUT2D eigenvalue weighted by molar-refractivity contribution is 5.66. The van der Waals surface area contributed by atoms with Crippen molar-refractivity contribution < 1.29 is 14.6 Å². The van der Waals surface area contributed by atoms with Gasteiger partial charge in [-0.3, -0.25) is 4.79 Å². The molecule has 3 heteroatoms. The molecule has 0 radical (unpaired) electrons. The van der Waals surface area contributed by atoms with E-state index in [1.165, 1.54) is 44.9 Å². The van der Waals surface area contributed by atoms with Crippen LogP contribution in [-0.4, -0.2) is 23.3 Å². The SMILES string of the molecule is CC(=O)O[C@H]1CC[C@@]2(C)[C@H](CC[C@@H]3[C@@H]2CC[C@]2(C)C([C@H](C)O)CC[C@@H]32)C1. The zero-order chi connectivity index (χ0) is 18.7. The summed E-state index contributed by atoms with van der Waals surface area (Å²) >= 11 is 0. The van der Waals surface area contributed by atoms with Gasteiger partial charge >= 0.3 is 5.97 Å². The molecule has 1 unspecified atom stereocenters. The van der Waals surface area contributed by atoms with Crippen molar-refractivity contribution in [1.82, 2.24) is 0 Å². The van der Waals surface area contributed by atoms with Crippen LogP contribution in [0.15, 0.2) is 0 Å². The van der Waals surface area contributed by atoms with Crippen molar-refractivity contribution in [2.24, 2.45) is 40.4 Å². The van der Waals surface area contributed by atoms with Crippen LogP contribution >= 0.6 is 0 Å². The first kappa shape index (κ1) is 18.8. The number of aliphatic hydroxyl groups excluding tert-OH is 1. The summed E-state index contributed by atoms with van der Waals surface area (Å²) in [5.74, 6) is 3.61. The molecule has 3 nitrogen and oxygen atoms in total. The maximum absolute atomic E-state index is 11.4. The average Bonchev–Trinajstić information content (AvgIpc) is 2.92. The highest BCUT2D eigenvalue weighted by Gasteiger charge is 2.60. The molecule has 0 aromatic carbocycles. The van der Waals surface area contributed by atoms with Gasteiger partial charge in [0.15, 0.2) is 0 Å². The Morgan fingerprint density at radius 1 is 1.00 bits per heavy atom. The van der Waals surface area contributed by atoms with Crippen LogP contribution in [0.25, 0.3) is 0 Å². The van der Waals surface area contributed by atoms with Crippen molar-refractivity contribution in [3.63, 3.8) is 0 Å². The van der Waals surface area contributed by atoms with Gasteiger partial charge in [-0.25, -0.2) is 0 Å². The van der Waals surface area contributed by atoms with Crippen LogP contribution in [0.4, 0.5) is 0 Å². The van der Waals surface area contributed by atoms with Crippen molar-refractivity contribution in [1.29, 1.82) is 0 Å². The largest absolute Gasteiger partial charge is 0.463 e. The summed E-state index contributed by atoms with van der Waals surface area (Å²) in [5.41, 5.74) is 0.789. The van der Waals surface area contributed by atoms with Gasteiger partial charge in [-0.05, 0) is 105 Å². The summed E-state index contributed by atoms with van der Waals surface area (Å²) in [7, 11) is 0. The number of hydrogen-bond donors (Lipinski definition) is 1. The van der Waals surface area contributed by atoms with Crippen molar-refractivity contribution in [2.75, 3.05) is 0 Å². The van der Waals surface area contributed by atoms with E-state index in [-0.39, 0.29) is 18.2 Å². The van der Waals surface area contributed by atoms with Gasteiger partial charge in [0.1, 0.15) is 6.10 Å². The van der Waals surface area contributed by atoms with Crippen molar-refractivity contribution in [2.45, 2.75) is 97.7 Å². The normalized spacial score (nSPS) is 51.7. The van der Waals surface area contributed by atoms with Crippen LogP contribution in [0.5, 0.6) is 0 Å². The summed E-state index contributed by atoms with van der Waals surface area (Å²) in [6, 6.07) is 0. The van der Waals surface area contributed by atoms with Gasteiger partial charge in [-0.2, -0.15) is 0 Å². The summed E-state index contributed by atoms with van der Waals surface area (Å²) in [6.07, 6.45) is 11.2. The van der Waals surface area contributed by atoms with E-state index < -0.39 is 0 Å². The lowest BCUT2D eigenvalue weighted by Gasteiger charge is -2.61.